The van der Waals surface area contributed by atoms with E-state index in [2.05, 4.69) is 0 Å². The summed E-state index contributed by atoms with van der Waals surface area (Å²) in [5.41, 5.74) is 1.13. The first-order valence-electron chi connectivity index (χ1n) is 6.91. The molecule has 0 saturated heterocycles. The van der Waals surface area contributed by atoms with E-state index in [4.69, 9.17) is 9.47 Å². The monoisotopic (exact) mass is 304 g/mol. The van der Waals surface area contributed by atoms with Crippen LogP contribution in [-0.2, 0) is 6.42 Å². The number of aliphatic hydroxyl groups is 2. The third kappa shape index (κ3) is 3.69. The second kappa shape index (κ2) is 7.15. The maximum Gasteiger partial charge on any atom is 0.122 e. The molecule has 2 aromatic carbocycles. The number of phenols is 1. The van der Waals surface area contributed by atoms with Crippen LogP contribution >= 0.6 is 0 Å². The first-order valence-corrected chi connectivity index (χ1v) is 6.91. The van der Waals surface area contributed by atoms with Crippen molar-refractivity contribution >= 4 is 0 Å². The Morgan fingerprint density at radius 3 is 2.05 bits per heavy atom. The number of aliphatic hydroxyl groups excluding tert-OH is 2. The predicted octanol–water partition coefficient (Wildman–Crippen LogP) is 2.05. The van der Waals surface area contributed by atoms with Gasteiger partial charge in [0.1, 0.15) is 23.4 Å². The van der Waals surface area contributed by atoms with Gasteiger partial charge in [0.05, 0.1) is 20.3 Å². The van der Waals surface area contributed by atoms with Gasteiger partial charge in [0.25, 0.3) is 0 Å². The normalized spacial score (nSPS) is 13.5. The van der Waals surface area contributed by atoms with E-state index >= 15 is 0 Å². The minimum absolute atomic E-state index is 0.0281. The second-order valence-electron chi connectivity index (χ2n) is 4.98. The number of aromatic hydroxyl groups is 1. The number of hydrogen-bond acceptors (Lipinski definition) is 5. The molecule has 0 amide bonds. The van der Waals surface area contributed by atoms with Crippen LogP contribution in [0.5, 0.6) is 17.2 Å². The lowest BCUT2D eigenvalue weighted by atomic mass is 9.98. The Morgan fingerprint density at radius 1 is 0.909 bits per heavy atom. The van der Waals surface area contributed by atoms with Crippen LogP contribution in [0.15, 0.2) is 42.5 Å². The van der Waals surface area contributed by atoms with Gasteiger partial charge < -0.3 is 24.8 Å². The summed E-state index contributed by atoms with van der Waals surface area (Å²) >= 11 is 0. The Bertz CT molecular complexity index is 609. The van der Waals surface area contributed by atoms with E-state index in [1.165, 1.54) is 13.2 Å². The lowest BCUT2D eigenvalue weighted by molar-refractivity contribution is 0.0186. The van der Waals surface area contributed by atoms with E-state index in [-0.39, 0.29) is 12.2 Å². The minimum atomic E-state index is -1.05. The molecule has 0 spiro atoms. The van der Waals surface area contributed by atoms with Crippen molar-refractivity contribution in [2.75, 3.05) is 14.2 Å². The van der Waals surface area contributed by atoms with Crippen LogP contribution in [0.3, 0.4) is 0 Å². The Balaban J connectivity index is 2.08. The summed E-state index contributed by atoms with van der Waals surface area (Å²) < 4.78 is 10.1. The number of ether oxygens (including phenoxy) is 2. The largest absolute Gasteiger partial charge is 0.508 e. The van der Waals surface area contributed by atoms with E-state index in [0.29, 0.717) is 22.6 Å². The highest BCUT2D eigenvalue weighted by molar-refractivity contribution is 5.40. The molecule has 0 unspecified atom stereocenters. The fraction of sp³-hybridized carbons (Fsp3) is 0.294. The summed E-state index contributed by atoms with van der Waals surface area (Å²) in [6, 6.07) is 11.7. The highest BCUT2D eigenvalue weighted by atomic mass is 16.5. The van der Waals surface area contributed by atoms with Gasteiger partial charge >= 0.3 is 0 Å². The average molecular weight is 304 g/mol. The second-order valence-corrected chi connectivity index (χ2v) is 4.98. The summed E-state index contributed by atoms with van der Waals surface area (Å²) in [6.45, 7) is 0. The molecule has 0 saturated carbocycles. The van der Waals surface area contributed by atoms with E-state index in [1.54, 1.807) is 43.5 Å². The van der Waals surface area contributed by atoms with Crippen LogP contribution in [0.4, 0.5) is 0 Å². The molecule has 0 aliphatic rings. The van der Waals surface area contributed by atoms with Crippen molar-refractivity contribution in [3.63, 3.8) is 0 Å². The molecule has 0 aliphatic heterocycles. The average Bonchev–Trinajstić information content (AvgIpc) is 2.56. The Kier molecular flexibility index (Phi) is 5.25. The molecule has 5 heteroatoms. The molecule has 0 aliphatic carbocycles. The van der Waals surface area contributed by atoms with Crippen molar-refractivity contribution in [2.45, 2.75) is 18.6 Å². The van der Waals surface area contributed by atoms with Crippen molar-refractivity contribution in [3.8, 4) is 17.2 Å². The molecule has 3 N–H and O–H groups in total. The van der Waals surface area contributed by atoms with Gasteiger partial charge in [-0.25, -0.2) is 0 Å². The molecule has 2 aromatic rings. The number of benzene rings is 2. The topological polar surface area (TPSA) is 79.2 Å². The highest BCUT2D eigenvalue weighted by Crippen LogP contribution is 2.28. The molecular weight excluding hydrogens is 284 g/mol. The lowest BCUT2D eigenvalue weighted by Gasteiger charge is -2.19. The lowest BCUT2D eigenvalue weighted by Crippen LogP contribution is -2.20. The number of phenolic OH excluding ortho intramolecular Hbond substituents is 1. The van der Waals surface area contributed by atoms with Gasteiger partial charge in [-0.05, 0) is 29.3 Å². The third-order valence-electron chi connectivity index (χ3n) is 3.54. The van der Waals surface area contributed by atoms with Gasteiger partial charge in [-0.2, -0.15) is 0 Å². The standard InChI is InChI=1S/C17H20O5/c1-21-13-6-3-11(4-7-13)17(20)16(19)9-12-5-8-14(22-2)10-15(12)18/h3-8,10,16-20H,9H2,1-2H3/t16-,17-/m0/s1. The van der Waals surface area contributed by atoms with E-state index < -0.39 is 12.2 Å². The highest BCUT2D eigenvalue weighted by Gasteiger charge is 2.20. The van der Waals surface area contributed by atoms with Crippen molar-refractivity contribution in [2.24, 2.45) is 0 Å². The van der Waals surface area contributed by atoms with E-state index in [0.717, 1.165) is 0 Å². The van der Waals surface area contributed by atoms with E-state index in [9.17, 15) is 15.3 Å². The minimum Gasteiger partial charge on any atom is -0.508 e. The summed E-state index contributed by atoms with van der Waals surface area (Å²) in [7, 11) is 3.07. The molecule has 118 valence electrons. The Labute approximate surface area is 129 Å². The van der Waals surface area contributed by atoms with Crippen LogP contribution in [0, 0.1) is 0 Å². The summed E-state index contributed by atoms with van der Waals surface area (Å²) in [5.74, 6) is 1.24. The van der Waals surface area contributed by atoms with Crippen molar-refractivity contribution in [3.05, 3.63) is 53.6 Å². The molecule has 0 bridgehead atoms. The van der Waals surface area contributed by atoms with Crippen molar-refractivity contribution in [1.29, 1.82) is 0 Å². The fourth-order valence-electron chi connectivity index (χ4n) is 2.20. The van der Waals surface area contributed by atoms with Crippen LogP contribution < -0.4 is 9.47 Å². The quantitative estimate of drug-likeness (QED) is 0.761. The van der Waals surface area contributed by atoms with Gasteiger partial charge in [0, 0.05) is 12.5 Å². The zero-order valence-corrected chi connectivity index (χ0v) is 12.6. The first-order chi connectivity index (χ1) is 10.5. The molecule has 2 rings (SSSR count). The maximum absolute atomic E-state index is 10.2. The number of rotatable bonds is 6. The molecular formula is C17H20O5. The first kappa shape index (κ1) is 16.1. The van der Waals surface area contributed by atoms with Gasteiger partial charge in [0.2, 0.25) is 0 Å². The van der Waals surface area contributed by atoms with Crippen LogP contribution in [0.1, 0.15) is 17.2 Å². The van der Waals surface area contributed by atoms with Gasteiger partial charge in [0.15, 0.2) is 0 Å². The Morgan fingerprint density at radius 2 is 1.50 bits per heavy atom. The van der Waals surface area contributed by atoms with E-state index in [1.807, 2.05) is 0 Å². The predicted molar refractivity (Wildman–Crippen MR) is 82.3 cm³/mol. The summed E-state index contributed by atoms with van der Waals surface area (Å²) in [4.78, 5) is 0. The fourth-order valence-corrected chi connectivity index (χ4v) is 2.20. The number of methoxy groups -OCH3 is 2. The van der Waals surface area contributed by atoms with Gasteiger partial charge in [-0.15, -0.1) is 0 Å². The summed E-state index contributed by atoms with van der Waals surface area (Å²) in [5, 5.41) is 30.3. The molecule has 5 nitrogen and oxygen atoms in total. The zero-order chi connectivity index (χ0) is 16.1. The Hall–Kier alpha value is -2.24. The third-order valence-corrected chi connectivity index (χ3v) is 3.54. The molecule has 0 radical (unpaired) electrons. The zero-order valence-electron chi connectivity index (χ0n) is 12.6. The van der Waals surface area contributed by atoms with Gasteiger partial charge in [-0.3, -0.25) is 0 Å². The smallest absolute Gasteiger partial charge is 0.122 e. The summed E-state index contributed by atoms with van der Waals surface area (Å²) in [6.07, 6.45) is -1.96. The van der Waals surface area contributed by atoms with Crippen molar-refractivity contribution in [1.82, 2.24) is 0 Å². The van der Waals surface area contributed by atoms with Gasteiger partial charge in [-0.1, -0.05) is 18.2 Å². The number of hydrogen-bond donors (Lipinski definition) is 3. The van der Waals surface area contributed by atoms with Crippen LogP contribution in [0.25, 0.3) is 0 Å². The molecule has 0 heterocycles. The van der Waals surface area contributed by atoms with Crippen LogP contribution in [-0.4, -0.2) is 35.6 Å². The SMILES string of the molecule is COc1ccc([C@H](O)[C@@H](O)Cc2ccc(OC)cc2O)cc1. The molecule has 22 heavy (non-hydrogen) atoms. The molecule has 2 atom stereocenters. The molecule has 0 fully saturated rings. The van der Waals surface area contributed by atoms with Crippen molar-refractivity contribution < 1.29 is 24.8 Å². The van der Waals surface area contributed by atoms with Crippen LogP contribution in [0.2, 0.25) is 0 Å². The molecule has 0 aromatic heterocycles. The maximum atomic E-state index is 10.2.